The van der Waals surface area contributed by atoms with Crippen molar-refractivity contribution >= 4 is 5.71 Å². The first-order valence-electron chi connectivity index (χ1n) is 5.14. The van der Waals surface area contributed by atoms with E-state index in [2.05, 4.69) is 4.99 Å². The molecule has 0 fully saturated rings. The average molecular weight is 90.2 g/mol. The zero-order valence-electron chi connectivity index (χ0n) is 10.2. The van der Waals surface area contributed by atoms with Gasteiger partial charge in [0.15, 0.2) is 0 Å². The van der Waals surface area contributed by atoms with Crippen molar-refractivity contribution in [1.29, 1.82) is 0 Å². The van der Waals surface area contributed by atoms with Crippen molar-refractivity contribution in [3.63, 3.8) is 0 Å². The van der Waals surface area contributed by atoms with Crippen LogP contribution >= 0.6 is 0 Å². The molecule has 0 saturated heterocycles. The fourth-order valence-corrected chi connectivity index (χ4v) is 0.281. The second-order valence-electron chi connectivity index (χ2n) is 0.967. The van der Waals surface area contributed by atoms with E-state index in [9.17, 15) is 0 Å². The van der Waals surface area contributed by atoms with Crippen molar-refractivity contribution in [3.8, 4) is 0 Å². The molecule has 1 heteroatoms. The summed E-state index contributed by atoms with van der Waals surface area (Å²) in [7, 11) is 0. The van der Waals surface area contributed by atoms with E-state index in [0.717, 1.165) is 0 Å². The predicted octanol–water partition coefficient (Wildman–Crippen LogP) is 1.24. The summed E-state index contributed by atoms with van der Waals surface area (Å²) in [6.07, 6.45) is -4.70. The summed E-state index contributed by atoms with van der Waals surface area (Å²) in [5.41, 5.74) is -0.662. The third-order valence-electron chi connectivity index (χ3n) is 0.523. The van der Waals surface area contributed by atoms with Crippen LogP contribution in [0.2, 0.25) is 0 Å². The Morgan fingerprint density at radius 2 is 3.17 bits per heavy atom. The monoisotopic (exact) mass is 90.1 g/mol. The molecule has 0 amide bonds. The van der Waals surface area contributed by atoms with Crippen LogP contribution in [0, 0.1) is 0 Å². The number of nitrogens with zero attached hydrogens (tertiary/aromatic N) is 1. The molecule has 1 nitrogen and oxygen atoms in total. The largest absolute Gasteiger partial charge is 0.294 e. The second-order valence-corrected chi connectivity index (χ2v) is 0.967. The Hall–Kier alpha value is -0.330. The Morgan fingerprint density at radius 3 is 3.50 bits per heavy atom. The van der Waals surface area contributed by atoms with Crippen LogP contribution in [0.5, 0.6) is 0 Å². The van der Waals surface area contributed by atoms with Crippen LogP contribution in [-0.2, 0) is 0 Å². The lowest BCUT2D eigenvalue weighted by atomic mass is 10.3. The van der Waals surface area contributed by atoms with Gasteiger partial charge in [-0.25, -0.2) is 0 Å². The zero-order chi connectivity index (χ0) is 10.5. The Morgan fingerprint density at radius 1 is 2.17 bits per heavy atom. The lowest BCUT2D eigenvalue weighted by Crippen LogP contribution is -1.77. The molecular formula is C5H9N. The van der Waals surface area contributed by atoms with Crippen molar-refractivity contribution in [2.75, 3.05) is 6.54 Å². The van der Waals surface area contributed by atoms with E-state index in [1.165, 1.54) is 0 Å². The maximum Gasteiger partial charge on any atom is 0.0392 e. The average Bonchev–Trinajstić information content (AvgIpc) is 2.00. The lowest BCUT2D eigenvalue weighted by Gasteiger charge is -1.76. The van der Waals surface area contributed by atoms with Gasteiger partial charge < -0.3 is 0 Å². The van der Waals surface area contributed by atoms with Gasteiger partial charge >= 0.3 is 0 Å². The molecule has 1 rings (SSSR count). The maximum atomic E-state index is 7.30. The van der Waals surface area contributed by atoms with E-state index in [-0.39, 0.29) is 0 Å². The molecule has 6 heavy (non-hydrogen) atoms. The molecule has 1 aliphatic rings. The highest BCUT2D eigenvalue weighted by atomic mass is 14.7. The molecule has 0 radical (unpaired) electrons. The first kappa shape index (κ1) is 0.770. The Kier molecular flexibility index (Phi) is 0.182. The van der Waals surface area contributed by atoms with Gasteiger partial charge in [-0.1, -0.05) is 0 Å². The molecule has 0 spiro atoms. The van der Waals surface area contributed by atoms with Crippen LogP contribution in [0.15, 0.2) is 4.99 Å². The SMILES string of the molecule is [2H]C([2H])([2H])C1=NCC([2H])([2H])C1([2H])[2H]. The van der Waals surface area contributed by atoms with Gasteiger partial charge in [0.1, 0.15) is 0 Å². The van der Waals surface area contributed by atoms with Crippen LogP contribution in [0.1, 0.15) is 29.2 Å². The summed E-state index contributed by atoms with van der Waals surface area (Å²) in [5, 5.41) is 0. The molecule has 0 aliphatic carbocycles. The molecule has 0 bridgehead atoms. The summed E-state index contributed by atoms with van der Waals surface area (Å²) >= 11 is 0. The first-order chi connectivity index (χ1) is 5.59. The molecule has 0 aromatic heterocycles. The number of hydrogen-bond acceptors (Lipinski definition) is 1. The van der Waals surface area contributed by atoms with Crippen LogP contribution in [0.3, 0.4) is 0 Å². The van der Waals surface area contributed by atoms with E-state index in [1.807, 2.05) is 0 Å². The van der Waals surface area contributed by atoms with Crippen LogP contribution in [0.4, 0.5) is 0 Å². The van der Waals surface area contributed by atoms with Gasteiger partial charge in [-0.15, -0.1) is 0 Å². The van der Waals surface area contributed by atoms with Gasteiger partial charge in [0, 0.05) is 21.9 Å². The predicted molar refractivity (Wildman–Crippen MR) is 27.2 cm³/mol. The van der Waals surface area contributed by atoms with E-state index >= 15 is 0 Å². The van der Waals surface area contributed by atoms with Crippen molar-refractivity contribution in [2.24, 2.45) is 4.99 Å². The third kappa shape index (κ3) is 0.588. The minimum Gasteiger partial charge on any atom is -0.294 e. The Labute approximate surface area is 47.9 Å². The highest BCUT2D eigenvalue weighted by molar-refractivity contribution is 5.83. The molecule has 1 heterocycles. The maximum absolute atomic E-state index is 7.30. The van der Waals surface area contributed by atoms with Gasteiger partial charge in [-0.3, -0.25) is 4.99 Å². The van der Waals surface area contributed by atoms with Crippen molar-refractivity contribution in [2.45, 2.75) is 19.6 Å². The highest BCUT2D eigenvalue weighted by Crippen LogP contribution is 2.00. The van der Waals surface area contributed by atoms with E-state index in [0.29, 0.717) is 0 Å². The Balaban J connectivity index is 3.07. The lowest BCUT2D eigenvalue weighted by molar-refractivity contribution is 0.951. The first-order valence-corrected chi connectivity index (χ1v) is 1.64. The van der Waals surface area contributed by atoms with Gasteiger partial charge in [0.25, 0.3) is 0 Å². The van der Waals surface area contributed by atoms with E-state index < -0.39 is 31.9 Å². The Bertz CT molecular complexity index is 250. The highest BCUT2D eigenvalue weighted by Gasteiger charge is 1.96. The number of aliphatic imine (C=N–C) groups is 1. The van der Waals surface area contributed by atoms with Crippen molar-refractivity contribution in [3.05, 3.63) is 0 Å². The molecule has 0 saturated carbocycles. The summed E-state index contributed by atoms with van der Waals surface area (Å²) in [6.45, 7) is -3.07. The number of rotatable bonds is 0. The van der Waals surface area contributed by atoms with Crippen LogP contribution in [-0.4, -0.2) is 12.3 Å². The molecule has 0 N–H and O–H groups in total. The summed E-state index contributed by atoms with van der Waals surface area (Å²) in [4.78, 5) is 3.42. The van der Waals surface area contributed by atoms with Gasteiger partial charge in [-0.2, -0.15) is 0 Å². The van der Waals surface area contributed by atoms with Crippen LogP contribution < -0.4 is 0 Å². The van der Waals surface area contributed by atoms with Crippen LogP contribution in [0.25, 0.3) is 0 Å². The normalized spacial score (nSPS) is 57.3. The molecular weight excluding hydrogens is 74.1 g/mol. The van der Waals surface area contributed by atoms with E-state index in [1.54, 1.807) is 0 Å². The second kappa shape index (κ2) is 1.41. The zero-order valence-corrected chi connectivity index (χ0v) is 3.15. The molecule has 34 valence electrons. The molecule has 0 unspecified atom stereocenters. The third-order valence-corrected chi connectivity index (χ3v) is 0.523. The fraction of sp³-hybridized carbons (Fsp3) is 0.800. The standard InChI is InChI=1S/C5H9N/c1-5-3-2-4-6-5/h2-4H2,1H3/i1D3,2D2,3D2. The summed E-state index contributed by atoms with van der Waals surface area (Å²) in [5.74, 6) is 0. The number of hydrogen-bond donors (Lipinski definition) is 0. The summed E-state index contributed by atoms with van der Waals surface area (Å²) < 4.78 is 49.9. The summed E-state index contributed by atoms with van der Waals surface area (Å²) in [6, 6.07) is 0. The van der Waals surface area contributed by atoms with Crippen molar-refractivity contribution in [1.82, 2.24) is 0 Å². The van der Waals surface area contributed by atoms with Gasteiger partial charge in [0.2, 0.25) is 0 Å². The minimum atomic E-state index is -2.65. The fourth-order valence-electron chi connectivity index (χ4n) is 0.281. The van der Waals surface area contributed by atoms with E-state index in [4.69, 9.17) is 9.60 Å². The smallest absolute Gasteiger partial charge is 0.0392 e. The van der Waals surface area contributed by atoms with Gasteiger partial charge in [-0.05, 0) is 19.6 Å². The van der Waals surface area contributed by atoms with Crippen molar-refractivity contribution < 1.29 is 9.60 Å². The molecule has 0 aromatic carbocycles. The molecule has 0 atom stereocenters. The molecule has 0 aromatic rings. The quantitative estimate of drug-likeness (QED) is 0.424. The topological polar surface area (TPSA) is 12.4 Å². The van der Waals surface area contributed by atoms with Gasteiger partial charge in [0.05, 0.1) is 0 Å². The minimum absolute atomic E-state index is 0.423. The molecule has 1 aliphatic heterocycles.